The molecule has 0 aliphatic heterocycles. The van der Waals surface area contributed by atoms with Gasteiger partial charge in [-0.15, -0.1) is 0 Å². The van der Waals surface area contributed by atoms with Crippen molar-refractivity contribution >= 4 is 11.7 Å². The second-order valence-electron chi connectivity index (χ2n) is 12.6. The number of ether oxygens (including phenoxy) is 2. The molecule has 2 aliphatic rings. The lowest BCUT2D eigenvalue weighted by molar-refractivity contribution is -0.114. The van der Waals surface area contributed by atoms with E-state index < -0.39 is 0 Å². The summed E-state index contributed by atoms with van der Waals surface area (Å²) in [5.41, 5.74) is 13.2. The van der Waals surface area contributed by atoms with E-state index in [1.165, 1.54) is 0 Å². The van der Waals surface area contributed by atoms with Crippen molar-refractivity contribution in [3.8, 4) is 11.5 Å². The molecule has 230 valence electrons. The van der Waals surface area contributed by atoms with Gasteiger partial charge < -0.3 is 26.0 Å². The first-order chi connectivity index (χ1) is 19.7. The average Bonchev–Trinajstić information content (AvgIpc) is 3.44. The monoisotopic (exact) mass is 569 g/mol. The van der Waals surface area contributed by atoms with Gasteiger partial charge in [-0.3, -0.25) is 9.79 Å². The van der Waals surface area contributed by atoms with Crippen LogP contribution in [0, 0.1) is 17.8 Å². The van der Waals surface area contributed by atoms with Crippen LogP contribution in [0.15, 0.2) is 29.3 Å². The minimum absolute atomic E-state index is 0.0927. The molecule has 0 spiro atoms. The molecular formula is C34H55N3O4. The zero-order chi connectivity index (χ0) is 29.8. The highest BCUT2D eigenvalue weighted by molar-refractivity contribution is 5.89. The number of aliphatic imine (C=N–C) groups is 1. The van der Waals surface area contributed by atoms with Gasteiger partial charge in [0.2, 0.25) is 0 Å². The molecule has 0 aromatic heterocycles. The maximum absolute atomic E-state index is 12.6. The summed E-state index contributed by atoms with van der Waals surface area (Å²) < 4.78 is 12.5. The normalized spacial score (nSPS) is 23.3. The molecule has 0 saturated heterocycles. The standard InChI is InChI=1S/C34H55N3O4/c1-5-6-7-11-26(38)17-15-24-21-29(33(39)31(22-24)41-27-12-8-9-13-27)32-25(20-23(2)3)16-18-30(40-4)28(32)14-10-19-37-34(35)36/h7,11,21-23,25,27-28,30,32,39H,5-6,8-10,12-20H2,1-4H3,(H4,35,36,37). The van der Waals surface area contributed by atoms with E-state index in [9.17, 15) is 9.90 Å². The molecule has 3 rings (SSSR count). The molecule has 4 unspecified atom stereocenters. The Balaban J connectivity index is 2.01. The predicted molar refractivity (Wildman–Crippen MR) is 167 cm³/mol. The molecule has 2 fully saturated rings. The highest BCUT2D eigenvalue weighted by Crippen LogP contribution is 2.52. The van der Waals surface area contributed by atoms with E-state index in [4.69, 9.17) is 20.9 Å². The van der Waals surface area contributed by atoms with Gasteiger partial charge in [-0.05, 0) is 112 Å². The number of rotatable bonds is 16. The minimum atomic E-state index is 0.0927. The number of aryl methyl sites for hydroxylation is 1. The van der Waals surface area contributed by atoms with Crippen molar-refractivity contribution in [2.24, 2.45) is 34.2 Å². The maximum atomic E-state index is 12.6. The van der Waals surface area contributed by atoms with E-state index in [2.05, 4.69) is 31.8 Å². The molecule has 2 saturated carbocycles. The average molecular weight is 570 g/mol. The number of guanidine groups is 1. The number of carbonyl (C=O) groups excluding carboxylic acids is 1. The van der Waals surface area contributed by atoms with Crippen LogP contribution in [0.25, 0.3) is 0 Å². The molecule has 5 N–H and O–H groups in total. The van der Waals surface area contributed by atoms with Crippen molar-refractivity contribution in [3.63, 3.8) is 0 Å². The summed E-state index contributed by atoms with van der Waals surface area (Å²) in [6.07, 6.45) is 16.1. The Morgan fingerprint density at radius 3 is 2.59 bits per heavy atom. The van der Waals surface area contributed by atoms with Crippen LogP contribution in [0.1, 0.15) is 115 Å². The first-order valence-electron chi connectivity index (χ1n) is 16.0. The Kier molecular flexibility index (Phi) is 13.5. The lowest BCUT2D eigenvalue weighted by Crippen LogP contribution is -2.38. The van der Waals surface area contributed by atoms with Crippen LogP contribution in [0.4, 0.5) is 0 Å². The number of nitrogens with two attached hydrogens (primary N) is 2. The largest absolute Gasteiger partial charge is 0.504 e. The molecule has 0 bridgehead atoms. The number of allylic oxidation sites excluding steroid dienone is 2. The van der Waals surface area contributed by atoms with Crippen LogP contribution >= 0.6 is 0 Å². The zero-order valence-corrected chi connectivity index (χ0v) is 25.9. The smallest absolute Gasteiger partial charge is 0.185 e. The highest BCUT2D eigenvalue weighted by Gasteiger charge is 2.42. The van der Waals surface area contributed by atoms with Crippen LogP contribution in [0.2, 0.25) is 0 Å². The molecule has 1 aromatic carbocycles. The fourth-order valence-electron chi connectivity index (χ4n) is 7.00. The van der Waals surface area contributed by atoms with Gasteiger partial charge in [-0.2, -0.15) is 0 Å². The second-order valence-corrected chi connectivity index (χ2v) is 12.6. The third-order valence-electron chi connectivity index (χ3n) is 8.87. The summed E-state index contributed by atoms with van der Waals surface area (Å²) >= 11 is 0. The van der Waals surface area contributed by atoms with Crippen LogP contribution < -0.4 is 16.2 Å². The van der Waals surface area contributed by atoms with Gasteiger partial charge in [0, 0.05) is 25.6 Å². The van der Waals surface area contributed by atoms with Crippen molar-refractivity contribution in [1.82, 2.24) is 0 Å². The molecule has 0 heterocycles. The van der Waals surface area contributed by atoms with Gasteiger partial charge in [0.25, 0.3) is 0 Å². The van der Waals surface area contributed by atoms with E-state index in [0.717, 1.165) is 81.8 Å². The minimum Gasteiger partial charge on any atom is -0.504 e. The van der Waals surface area contributed by atoms with E-state index in [1.54, 1.807) is 13.2 Å². The number of unbranched alkanes of at least 4 members (excludes halogenated alkanes) is 1. The zero-order valence-electron chi connectivity index (χ0n) is 25.9. The van der Waals surface area contributed by atoms with Crippen molar-refractivity contribution in [2.75, 3.05) is 13.7 Å². The van der Waals surface area contributed by atoms with Gasteiger partial charge >= 0.3 is 0 Å². The summed E-state index contributed by atoms with van der Waals surface area (Å²) in [5, 5.41) is 11.8. The lowest BCUT2D eigenvalue weighted by Gasteiger charge is -2.44. The fourth-order valence-corrected chi connectivity index (χ4v) is 7.00. The Morgan fingerprint density at radius 1 is 1.17 bits per heavy atom. The van der Waals surface area contributed by atoms with Gasteiger partial charge in [0.05, 0.1) is 12.2 Å². The number of methoxy groups -OCH3 is 1. The van der Waals surface area contributed by atoms with Crippen molar-refractivity contribution in [1.29, 1.82) is 0 Å². The van der Waals surface area contributed by atoms with E-state index in [-0.39, 0.29) is 41.5 Å². The molecular weight excluding hydrogens is 514 g/mol. The highest BCUT2D eigenvalue weighted by atomic mass is 16.5. The number of nitrogens with zero attached hydrogens (tertiary/aromatic N) is 1. The van der Waals surface area contributed by atoms with Gasteiger partial charge in [0.1, 0.15) is 0 Å². The SMILES string of the molecule is CCCC=CC(=O)CCc1cc(OC2CCCC2)c(O)c(C2C(CC(C)C)CCC(OC)C2CCCN=C(N)N)c1. The second kappa shape index (κ2) is 16.8. The molecule has 1 aromatic rings. The van der Waals surface area contributed by atoms with Crippen molar-refractivity contribution < 1.29 is 19.4 Å². The van der Waals surface area contributed by atoms with Crippen LogP contribution in [-0.4, -0.2) is 42.7 Å². The number of ketones is 1. The quantitative estimate of drug-likeness (QED) is 0.0872. The summed E-state index contributed by atoms with van der Waals surface area (Å²) in [5.74, 6) is 2.36. The molecule has 7 nitrogen and oxygen atoms in total. The first kappa shape index (κ1) is 33.0. The summed E-state index contributed by atoms with van der Waals surface area (Å²) in [7, 11) is 1.80. The summed E-state index contributed by atoms with van der Waals surface area (Å²) in [6.45, 7) is 7.23. The van der Waals surface area contributed by atoms with Gasteiger partial charge in [-0.1, -0.05) is 39.3 Å². The van der Waals surface area contributed by atoms with Crippen molar-refractivity contribution in [3.05, 3.63) is 35.4 Å². The molecule has 4 atom stereocenters. The number of aromatic hydroxyl groups is 1. The molecule has 0 radical (unpaired) electrons. The van der Waals surface area contributed by atoms with Crippen LogP contribution in [0.3, 0.4) is 0 Å². The molecule has 7 heteroatoms. The van der Waals surface area contributed by atoms with Gasteiger partial charge in [0.15, 0.2) is 23.2 Å². The van der Waals surface area contributed by atoms with E-state index in [0.29, 0.717) is 37.0 Å². The van der Waals surface area contributed by atoms with Crippen molar-refractivity contribution in [2.45, 2.75) is 122 Å². The number of benzene rings is 1. The molecule has 41 heavy (non-hydrogen) atoms. The third-order valence-corrected chi connectivity index (χ3v) is 8.87. The summed E-state index contributed by atoms with van der Waals surface area (Å²) in [4.78, 5) is 16.8. The fraction of sp³-hybridized carbons (Fsp3) is 0.706. The maximum Gasteiger partial charge on any atom is 0.185 e. The Morgan fingerprint density at radius 2 is 1.93 bits per heavy atom. The Hall–Kier alpha value is -2.54. The van der Waals surface area contributed by atoms with Crippen LogP contribution in [-0.2, 0) is 16.0 Å². The Bertz CT molecular complexity index is 1010. The first-order valence-corrected chi connectivity index (χ1v) is 16.0. The predicted octanol–water partition coefficient (Wildman–Crippen LogP) is 6.80. The van der Waals surface area contributed by atoms with E-state index in [1.807, 2.05) is 12.1 Å². The molecule has 0 amide bonds. The topological polar surface area (TPSA) is 120 Å². The number of hydrogen-bond acceptors (Lipinski definition) is 5. The number of phenolic OH excluding ortho intramolecular Hbond substituents is 1. The third kappa shape index (κ3) is 10.1. The number of hydrogen-bond donors (Lipinski definition) is 3. The Labute approximate surface area is 248 Å². The number of carbonyl (C=O) groups is 1. The lowest BCUT2D eigenvalue weighted by atomic mass is 9.63. The van der Waals surface area contributed by atoms with E-state index >= 15 is 0 Å². The molecule has 2 aliphatic carbocycles. The van der Waals surface area contributed by atoms with Crippen LogP contribution in [0.5, 0.6) is 11.5 Å². The van der Waals surface area contributed by atoms with Gasteiger partial charge in [-0.25, -0.2) is 0 Å². The number of phenols is 1. The summed E-state index contributed by atoms with van der Waals surface area (Å²) in [6, 6.07) is 4.13.